The summed E-state index contributed by atoms with van der Waals surface area (Å²) in [4.78, 5) is 25.8. The van der Waals surface area contributed by atoms with E-state index >= 15 is 0 Å². The van der Waals surface area contributed by atoms with Crippen molar-refractivity contribution in [3.8, 4) is 0 Å². The van der Waals surface area contributed by atoms with Gasteiger partial charge in [0.25, 0.3) is 0 Å². The smallest absolute Gasteiger partial charge is 0.308 e. The van der Waals surface area contributed by atoms with Gasteiger partial charge in [-0.2, -0.15) is 0 Å². The zero-order chi connectivity index (χ0) is 13.4. The van der Waals surface area contributed by atoms with E-state index in [2.05, 4.69) is 4.90 Å². The van der Waals surface area contributed by atoms with Crippen LogP contribution >= 0.6 is 0 Å². The predicted molar refractivity (Wildman–Crippen MR) is 70.0 cm³/mol. The van der Waals surface area contributed by atoms with Gasteiger partial charge in [0.15, 0.2) is 5.78 Å². The number of rotatable bonds is 3. The third kappa shape index (κ3) is 2.06. The summed E-state index contributed by atoms with van der Waals surface area (Å²) in [6.45, 7) is 0.727. The lowest BCUT2D eigenvalue weighted by Gasteiger charge is -2.23. The highest BCUT2D eigenvalue weighted by atomic mass is 16.4. The average Bonchev–Trinajstić information content (AvgIpc) is 2.99. The van der Waals surface area contributed by atoms with Crippen LogP contribution in [0.15, 0.2) is 30.3 Å². The highest BCUT2D eigenvalue weighted by Crippen LogP contribution is 2.37. The first-order valence-electron chi connectivity index (χ1n) is 6.76. The molecule has 2 aliphatic rings. The number of hydrogen-bond donors (Lipinski definition) is 1. The minimum Gasteiger partial charge on any atom is -0.481 e. The number of carbonyl (C=O) groups is 2. The third-order valence-electron chi connectivity index (χ3n) is 4.40. The molecule has 0 saturated carbocycles. The van der Waals surface area contributed by atoms with E-state index in [4.69, 9.17) is 0 Å². The van der Waals surface area contributed by atoms with Gasteiger partial charge in [-0.05, 0) is 19.3 Å². The van der Waals surface area contributed by atoms with Crippen LogP contribution in [0, 0.1) is 5.92 Å². The normalized spacial score (nSPS) is 30.2. The molecule has 19 heavy (non-hydrogen) atoms. The minimum absolute atomic E-state index is 0.0511. The lowest BCUT2D eigenvalue weighted by atomic mass is 9.97. The summed E-state index contributed by atoms with van der Waals surface area (Å²) in [7, 11) is 0. The Hall–Kier alpha value is -1.68. The zero-order valence-corrected chi connectivity index (χ0v) is 10.7. The Labute approximate surface area is 112 Å². The monoisotopic (exact) mass is 259 g/mol. The predicted octanol–water partition coefficient (Wildman–Crippen LogP) is 1.81. The SMILES string of the molecule is O=C(O)C1CCN2C(C(=O)c3ccccc3)CCC12. The first kappa shape index (κ1) is 12.4. The summed E-state index contributed by atoms with van der Waals surface area (Å²) in [6, 6.07) is 9.21. The molecular formula is C15H17NO3. The standard InChI is InChI=1S/C15H17NO3/c17-14(10-4-2-1-3-5-10)13-7-6-12-11(15(18)19)8-9-16(12)13/h1-5,11-13H,6-9H2,(H,18,19). The molecule has 0 aromatic heterocycles. The van der Waals surface area contributed by atoms with Crippen molar-refractivity contribution >= 4 is 11.8 Å². The molecule has 2 heterocycles. The van der Waals surface area contributed by atoms with Gasteiger partial charge < -0.3 is 5.11 Å². The molecule has 100 valence electrons. The van der Waals surface area contributed by atoms with Crippen LogP contribution in [0.5, 0.6) is 0 Å². The Balaban J connectivity index is 1.78. The van der Waals surface area contributed by atoms with Gasteiger partial charge >= 0.3 is 5.97 Å². The largest absolute Gasteiger partial charge is 0.481 e. The van der Waals surface area contributed by atoms with Crippen LogP contribution in [0.1, 0.15) is 29.6 Å². The molecule has 2 aliphatic heterocycles. The molecule has 3 unspecified atom stereocenters. The number of Topliss-reactive ketones (excluding diaryl/α,β-unsaturated/α-hetero) is 1. The van der Waals surface area contributed by atoms with Crippen LogP contribution in [-0.2, 0) is 4.79 Å². The summed E-state index contributed by atoms with van der Waals surface area (Å²) in [5, 5.41) is 9.19. The molecule has 0 bridgehead atoms. The number of nitrogens with zero attached hydrogens (tertiary/aromatic N) is 1. The Morgan fingerprint density at radius 3 is 2.53 bits per heavy atom. The highest BCUT2D eigenvalue weighted by molar-refractivity contribution is 6.00. The van der Waals surface area contributed by atoms with Gasteiger partial charge in [-0.1, -0.05) is 30.3 Å². The lowest BCUT2D eigenvalue weighted by Crippen LogP contribution is -2.39. The number of carboxylic acids is 1. The van der Waals surface area contributed by atoms with Gasteiger partial charge in [-0.25, -0.2) is 0 Å². The van der Waals surface area contributed by atoms with Gasteiger partial charge in [0.05, 0.1) is 12.0 Å². The molecule has 3 rings (SSSR count). The number of fused-ring (bicyclic) bond motifs is 1. The van der Waals surface area contributed by atoms with Crippen molar-refractivity contribution in [2.75, 3.05) is 6.54 Å². The summed E-state index contributed by atoms with van der Waals surface area (Å²) < 4.78 is 0. The van der Waals surface area contributed by atoms with Crippen LogP contribution in [0.2, 0.25) is 0 Å². The van der Waals surface area contributed by atoms with Crippen molar-refractivity contribution in [1.82, 2.24) is 4.90 Å². The molecule has 0 spiro atoms. The van der Waals surface area contributed by atoms with E-state index in [1.165, 1.54) is 0 Å². The molecule has 1 N–H and O–H groups in total. The summed E-state index contributed by atoms with van der Waals surface area (Å²) in [6.07, 6.45) is 2.26. The minimum atomic E-state index is -0.722. The number of benzene rings is 1. The van der Waals surface area contributed by atoms with E-state index < -0.39 is 5.97 Å². The first-order chi connectivity index (χ1) is 9.18. The third-order valence-corrected chi connectivity index (χ3v) is 4.40. The second-order valence-corrected chi connectivity index (χ2v) is 5.36. The molecule has 3 atom stereocenters. The summed E-state index contributed by atoms with van der Waals surface area (Å²) >= 11 is 0. The fourth-order valence-electron chi connectivity index (χ4n) is 3.49. The van der Waals surface area contributed by atoms with E-state index in [9.17, 15) is 14.7 Å². The number of hydrogen-bond acceptors (Lipinski definition) is 3. The zero-order valence-electron chi connectivity index (χ0n) is 10.7. The molecule has 0 amide bonds. The Bertz CT molecular complexity index is 499. The van der Waals surface area contributed by atoms with E-state index in [-0.39, 0.29) is 23.8 Å². The van der Waals surface area contributed by atoms with Crippen molar-refractivity contribution in [1.29, 1.82) is 0 Å². The van der Waals surface area contributed by atoms with Crippen LogP contribution in [0.4, 0.5) is 0 Å². The molecule has 4 heteroatoms. The quantitative estimate of drug-likeness (QED) is 0.841. The second-order valence-electron chi connectivity index (χ2n) is 5.36. The summed E-state index contributed by atoms with van der Waals surface area (Å²) in [5.41, 5.74) is 0.729. The van der Waals surface area contributed by atoms with Crippen molar-refractivity contribution in [2.24, 2.45) is 5.92 Å². The Morgan fingerprint density at radius 2 is 1.84 bits per heavy atom. The molecule has 4 nitrogen and oxygen atoms in total. The van der Waals surface area contributed by atoms with E-state index in [1.54, 1.807) is 0 Å². The summed E-state index contributed by atoms with van der Waals surface area (Å²) in [5.74, 6) is -0.886. The molecule has 1 aromatic rings. The number of carbonyl (C=O) groups excluding carboxylic acids is 1. The van der Waals surface area contributed by atoms with Crippen molar-refractivity contribution in [3.05, 3.63) is 35.9 Å². The van der Waals surface area contributed by atoms with Crippen molar-refractivity contribution in [2.45, 2.75) is 31.3 Å². The molecule has 2 fully saturated rings. The van der Waals surface area contributed by atoms with E-state index in [0.29, 0.717) is 6.42 Å². The maximum absolute atomic E-state index is 12.5. The lowest BCUT2D eigenvalue weighted by molar-refractivity contribution is -0.142. The van der Waals surface area contributed by atoms with Gasteiger partial charge in [-0.3, -0.25) is 14.5 Å². The van der Waals surface area contributed by atoms with Crippen LogP contribution in [0.3, 0.4) is 0 Å². The van der Waals surface area contributed by atoms with Gasteiger partial charge in [0.1, 0.15) is 0 Å². The van der Waals surface area contributed by atoms with E-state index in [1.807, 2.05) is 30.3 Å². The molecule has 2 saturated heterocycles. The topological polar surface area (TPSA) is 57.6 Å². The van der Waals surface area contributed by atoms with Crippen LogP contribution in [-0.4, -0.2) is 40.4 Å². The maximum atomic E-state index is 12.5. The van der Waals surface area contributed by atoms with Gasteiger partial charge in [-0.15, -0.1) is 0 Å². The van der Waals surface area contributed by atoms with Crippen LogP contribution in [0.25, 0.3) is 0 Å². The maximum Gasteiger partial charge on any atom is 0.308 e. The van der Waals surface area contributed by atoms with Gasteiger partial charge in [0.2, 0.25) is 0 Å². The molecule has 1 aromatic carbocycles. The molecule has 0 aliphatic carbocycles. The number of carboxylic acid groups (broad SMARTS) is 1. The van der Waals surface area contributed by atoms with Crippen LogP contribution < -0.4 is 0 Å². The molecule has 0 radical (unpaired) electrons. The Morgan fingerprint density at radius 1 is 1.11 bits per heavy atom. The number of aliphatic carboxylic acids is 1. The second kappa shape index (κ2) is 4.78. The number of ketones is 1. The molecular weight excluding hydrogens is 242 g/mol. The van der Waals surface area contributed by atoms with Crippen molar-refractivity contribution < 1.29 is 14.7 Å². The highest BCUT2D eigenvalue weighted by Gasteiger charge is 2.47. The van der Waals surface area contributed by atoms with Gasteiger partial charge in [0, 0.05) is 18.2 Å². The van der Waals surface area contributed by atoms with Crippen molar-refractivity contribution in [3.63, 3.8) is 0 Å². The average molecular weight is 259 g/mol. The first-order valence-corrected chi connectivity index (χ1v) is 6.76. The van der Waals surface area contributed by atoms with E-state index in [0.717, 1.165) is 24.9 Å². The Kier molecular flexibility index (Phi) is 3.11. The fraction of sp³-hybridized carbons (Fsp3) is 0.467. The fourth-order valence-corrected chi connectivity index (χ4v) is 3.49.